The van der Waals surface area contributed by atoms with Crippen molar-refractivity contribution in [3.8, 4) is 5.88 Å². The van der Waals surface area contributed by atoms with Gasteiger partial charge in [0, 0.05) is 6.20 Å². The molecule has 0 aliphatic rings. The Hall–Kier alpha value is -0.760. The lowest BCUT2D eigenvalue weighted by Crippen LogP contribution is -1.93. The fourth-order valence-corrected chi connectivity index (χ4v) is 1.16. The summed E-state index contributed by atoms with van der Waals surface area (Å²) >= 11 is 5.89. The first-order valence-electron chi connectivity index (χ1n) is 3.84. The van der Waals surface area contributed by atoms with Gasteiger partial charge in [0.2, 0.25) is 5.88 Å². The quantitative estimate of drug-likeness (QED) is 0.707. The Kier molecular flexibility index (Phi) is 2.93. The summed E-state index contributed by atoms with van der Waals surface area (Å²) < 4.78 is 4.94. The third-order valence-corrected chi connectivity index (χ3v) is 1.96. The highest BCUT2D eigenvalue weighted by Gasteiger charge is 2.05. The Morgan fingerprint density at radius 3 is 2.58 bits per heavy atom. The van der Waals surface area contributed by atoms with E-state index in [-0.39, 0.29) is 0 Å². The molecule has 0 atom stereocenters. The Labute approximate surface area is 77.5 Å². The van der Waals surface area contributed by atoms with E-state index in [9.17, 15) is 0 Å². The van der Waals surface area contributed by atoms with Crippen LogP contribution in [0.4, 0.5) is 0 Å². The van der Waals surface area contributed by atoms with Gasteiger partial charge in [0.15, 0.2) is 0 Å². The van der Waals surface area contributed by atoms with Crippen molar-refractivity contribution in [2.75, 3.05) is 7.11 Å². The van der Waals surface area contributed by atoms with Crippen LogP contribution < -0.4 is 4.74 Å². The van der Waals surface area contributed by atoms with Crippen molar-refractivity contribution in [3.05, 3.63) is 22.8 Å². The second-order valence-electron chi connectivity index (χ2n) is 2.91. The number of hydrogen-bond acceptors (Lipinski definition) is 2. The monoisotopic (exact) mass is 185 g/mol. The second kappa shape index (κ2) is 3.76. The fraction of sp³-hybridized carbons (Fsp3) is 0.444. The first-order chi connectivity index (χ1) is 5.65. The molecule has 0 spiro atoms. The molecule has 0 aromatic carbocycles. The zero-order chi connectivity index (χ0) is 9.14. The molecule has 1 rings (SSSR count). The maximum atomic E-state index is 5.89. The van der Waals surface area contributed by atoms with Gasteiger partial charge in [-0.25, -0.2) is 4.98 Å². The number of nitrogens with zero attached hydrogens (tertiary/aromatic N) is 1. The molecule has 0 bridgehead atoms. The second-order valence-corrected chi connectivity index (χ2v) is 3.32. The minimum atomic E-state index is 0.445. The summed E-state index contributed by atoms with van der Waals surface area (Å²) in [5.74, 6) is 0.932. The molecular formula is C9H12ClNO. The maximum absolute atomic E-state index is 5.89. The topological polar surface area (TPSA) is 22.1 Å². The van der Waals surface area contributed by atoms with E-state index in [2.05, 4.69) is 18.8 Å². The summed E-state index contributed by atoms with van der Waals surface area (Å²) in [6.45, 7) is 4.19. The van der Waals surface area contributed by atoms with E-state index >= 15 is 0 Å². The molecule has 1 aromatic heterocycles. The Morgan fingerprint density at radius 2 is 2.17 bits per heavy atom. The maximum Gasteiger partial charge on any atom is 0.232 e. The van der Waals surface area contributed by atoms with Crippen molar-refractivity contribution in [2.45, 2.75) is 19.8 Å². The zero-order valence-electron chi connectivity index (χ0n) is 7.47. The lowest BCUT2D eigenvalue weighted by Gasteiger charge is -2.06. The molecule has 0 unspecified atom stereocenters. The number of ether oxygens (including phenoxy) is 1. The van der Waals surface area contributed by atoms with E-state index < -0.39 is 0 Å². The molecule has 0 N–H and O–H groups in total. The van der Waals surface area contributed by atoms with Crippen LogP contribution in [0.15, 0.2) is 12.3 Å². The van der Waals surface area contributed by atoms with Crippen molar-refractivity contribution >= 4 is 11.6 Å². The molecule has 0 fully saturated rings. The van der Waals surface area contributed by atoms with Gasteiger partial charge in [-0.1, -0.05) is 25.4 Å². The van der Waals surface area contributed by atoms with Crippen molar-refractivity contribution in [2.24, 2.45) is 0 Å². The molecule has 1 heterocycles. The first-order valence-corrected chi connectivity index (χ1v) is 4.22. The lowest BCUT2D eigenvalue weighted by molar-refractivity contribution is 0.397. The van der Waals surface area contributed by atoms with Gasteiger partial charge in [0.05, 0.1) is 7.11 Å². The Balaban J connectivity index is 3.02. The molecule has 3 heteroatoms. The molecule has 66 valence electrons. The molecule has 0 saturated heterocycles. The fourth-order valence-electron chi connectivity index (χ4n) is 0.906. The van der Waals surface area contributed by atoms with Crippen molar-refractivity contribution < 1.29 is 4.74 Å². The molecule has 12 heavy (non-hydrogen) atoms. The summed E-state index contributed by atoms with van der Waals surface area (Å²) in [4.78, 5) is 4.06. The van der Waals surface area contributed by atoms with Crippen LogP contribution in [0.25, 0.3) is 0 Å². The average molecular weight is 186 g/mol. The van der Waals surface area contributed by atoms with Crippen LogP contribution in [-0.4, -0.2) is 12.1 Å². The van der Waals surface area contributed by atoms with Crippen LogP contribution in [-0.2, 0) is 0 Å². The minimum Gasteiger partial charge on any atom is -0.480 e. The van der Waals surface area contributed by atoms with E-state index in [1.54, 1.807) is 13.3 Å². The number of rotatable bonds is 2. The lowest BCUT2D eigenvalue weighted by atomic mass is 10.1. The van der Waals surface area contributed by atoms with Gasteiger partial charge in [0.25, 0.3) is 0 Å². The van der Waals surface area contributed by atoms with Crippen LogP contribution in [0.2, 0.25) is 5.02 Å². The molecule has 0 aliphatic carbocycles. The average Bonchev–Trinajstić information content (AvgIpc) is 2.04. The summed E-state index contributed by atoms with van der Waals surface area (Å²) in [5.41, 5.74) is 1.13. The number of hydrogen-bond donors (Lipinski definition) is 0. The largest absolute Gasteiger partial charge is 0.480 e. The van der Waals surface area contributed by atoms with Crippen LogP contribution >= 0.6 is 11.6 Å². The highest BCUT2D eigenvalue weighted by Crippen LogP contribution is 2.25. The van der Waals surface area contributed by atoms with Crippen molar-refractivity contribution in [1.82, 2.24) is 4.98 Å². The number of pyridine rings is 1. The Morgan fingerprint density at radius 1 is 1.50 bits per heavy atom. The zero-order valence-corrected chi connectivity index (χ0v) is 8.22. The summed E-state index contributed by atoms with van der Waals surface area (Å²) in [5, 5.41) is 0.573. The van der Waals surface area contributed by atoms with Crippen LogP contribution in [0, 0.1) is 0 Å². The normalized spacial score (nSPS) is 10.4. The van der Waals surface area contributed by atoms with Gasteiger partial charge in [-0.05, 0) is 17.5 Å². The van der Waals surface area contributed by atoms with Crippen molar-refractivity contribution in [3.63, 3.8) is 0 Å². The SMILES string of the molecule is COc1ncc(C(C)C)cc1Cl. The van der Waals surface area contributed by atoms with E-state index in [1.165, 1.54) is 0 Å². The molecule has 1 aromatic rings. The highest BCUT2D eigenvalue weighted by atomic mass is 35.5. The highest BCUT2D eigenvalue weighted by molar-refractivity contribution is 6.31. The van der Waals surface area contributed by atoms with E-state index in [1.807, 2.05) is 6.07 Å². The standard InChI is InChI=1S/C9H12ClNO/c1-6(2)7-4-8(10)9(12-3)11-5-7/h4-6H,1-3H3. The third kappa shape index (κ3) is 1.89. The van der Waals surface area contributed by atoms with Crippen LogP contribution in [0.1, 0.15) is 25.3 Å². The van der Waals surface area contributed by atoms with E-state index in [0.717, 1.165) is 5.56 Å². The predicted molar refractivity (Wildman–Crippen MR) is 49.9 cm³/mol. The van der Waals surface area contributed by atoms with Crippen LogP contribution in [0.5, 0.6) is 5.88 Å². The van der Waals surface area contributed by atoms with Gasteiger partial charge in [0.1, 0.15) is 5.02 Å². The minimum absolute atomic E-state index is 0.445. The summed E-state index contributed by atoms with van der Waals surface area (Å²) in [6.07, 6.45) is 1.79. The summed E-state index contributed by atoms with van der Waals surface area (Å²) in [6, 6.07) is 1.89. The van der Waals surface area contributed by atoms with Gasteiger partial charge >= 0.3 is 0 Å². The molecular weight excluding hydrogens is 174 g/mol. The number of methoxy groups -OCH3 is 1. The number of halogens is 1. The molecule has 0 aliphatic heterocycles. The first kappa shape index (κ1) is 9.33. The molecule has 0 amide bonds. The molecule has 0 radical (unpaired) electrons. The van der Waals surface area contributed by atoms with Gasteiger partial charge in [-0.3, -0.25) is 0 Å². The van der Waals surface area contributed by atoms with Gasteiger partial charge < -0.3 is 4.74 Å². The van der Waals surface area contributed by atoms with Gasteiger partial charge in [-0.15, -0.1) is 0 Å². The Bertz CT molecular complexity index is 273. The predicted octanol–water partition coefficient (Wildman–Crippen LogP) is 2.87. The molecule has 0 saturated carbocycles. The van der Waals surface area contributed by atoms with Crippen LogP contribution in [0.3, 0.4) is 0 Å². The van der Waals surface area contributed by atoms with E-state index in [0.29, 0.717) is 16.8 Å². The van der Waals surface area contributed by atoms with Crippen molar-refractivity contribution in [1.29, 1.82) is 0 Å². The summed E-state index contributed by atoms with van der Waals surface area (Å²) in [7, 11) is 1.56. The molecule has 2 nitrogen and oxygen atoms in total. The third-order valence-electron chi connectivity index (χ3n) is 1.69. The number of aromatic nitrogens is 1. The van der Waals surface area contributed by atoms with E-state index in [4.69, 9.17) is 16.3 Å². The van der Waals surface area contributed by atoms with Gasteiger partial charge in [-0.2, -0.15) is 0 Å². The smallest absolute Gasteiger partial charge is 0.232 e.